The van der Waals surface area contributed by atoms with Gasteiger partial charge >= 0.3 is 16.4 Å². The average Bonchev–Trinajstić information content (AvgIpc) is 3.49. The number of likely N-dealkylation sites (tertiary alicyclic amines) is 1. The lowest BCUT2D eigenvalue weighted by Gasteiger charge is -2.35. The van der Waals surface area contributed by atoms with E-state index in [4.69, 9.17) is 4.74 Å². The monoisotopic (exact) mass is 459 g/mol. The number of alkyl halides is 3. The number of hydrogen-bond acceptors (Lipinski definition) is 6. The highest BCUT2D eigenvalue weighted by atomic mass is 32.2. The number of nitrogens with one attached hydrogen (secondary N) is 2. The van der Waals surface area contributed by atoms with E-state index in [0.29, 0.717) is 49.8 Å². The van der Waals surface area contributed by atoms with Crippen LogP contribution in [0.2, 0.25) is 0 Å². The molecular formula is C19H24F3N5O3S. The van der Waals surface area contributed by atoms with Gasteiger partial charge < -0.3 is 9.64 Å². The molecule has 170 valence electrons. The molecule has 8 nitrogen and oxygen atoms in total. The van der Waals surface area contributed by atoms with E-state index >= 15 is 0 Å². The summed E-state index contributed by atoms with van der Waals surface area (Å²) in [5.74, 6) is -1.62. The summed E-state index contributed by atoms with van der Waals surface area (Å²) in [5, 5.41) is 0. The van der Waals surface area contributed by atoms with E-state index in [2.05, 4.69) is 19.4 Å². The number of halogens is 3. The highest BCUT2D eigenvalue weighted by Crippen LogP contribution is 2.36. The summed E-state index contributed by atoms with van der Waals surface area (Å²) in [5.41, 5.74) is 0.640. The fourth-order valence-electron chi connectivity index (χ4n) is 3.59. The van der Waals surface area contributed by atoms with Gasteiger partial charge in [-0.2, -0.15) is 26.3 Å². The Balaban J connectivity index is 1.67. The minimum atomic E-state index is -4.64. The highest BCUT2D eigenvalue weighted by molar-refractivity contribution is 7.90. The maximum atomic E-state index is 13.9. The zero-order chi connectivity index (χ0) is 22.2. The normalized spacial score (nSPS) is 20.0. The van der Waals surface area contributed by atoms with Gasteiger partial charge in [0.05, 0.1) is 11.0 Å². The maximum absolute atomic E-state index is 13.9. The first-order valence-corrected chi connectivity index (χ1v) is 11.6. The minimum absolute atomic E-state index is 0.183. The quantitative estimate of drug-likeness (QED) is 0.661. The van der Waals surface area contributed by atoms with Crippen molar-refractivity contribution >= 4 is 27.1 Å². The van der Waals surface area contributed by atoms with Crippen LogP contribution in [0.4, 0.5) is 19.0 Å². The van der Waals surface area contributed by atoms with Crippen LogP contribution in [0.5, 0.6) is 5.88 Å². The molecule has 1 saturated heterocycles. The number of fused-ring (bicyclic) bond motifs is 1. The van der Waals surface area contributed by atoms with Gasteiger partial charge in [-0.1, -0.05) is 12.1 Å². The second-order valence-corrected chi connectivity index (χ2v) is 9.53. The molecule has 12 heteroatoms. The molecule has 1 aliphatic carbocycles. The zero-order valence-corrected chi connectivity index (χ0v) is 17.7. The Morgan fingerprint density at radius 1 is 1.10 bits per heavy atom. The lowest BCUT2D eigenvalue weighted by molar-refractivity contribution is -0.214. The van der Waals surface area contributed by atoms with Crippen molar-refractivity contribution in [3.05, 3.63) is 24.3 Å². The molecule has 2 heterocycles. The standard InChI is InChI=1S/C19H24F3N5O3S/c1-27-10-8-12(9-11-27)16(19(20,21)22)30-18-17(26-31(28,29)25-13-6-7-13)23-14-4-2-3-5-15(14)24-18/h2-5,12-13,16,25H,6-11H2,1H3,(H,23,26). The third-order valence-electron chi connectivity index (χ3n) is 5.42. The molecule has 0 amide bonds. The van der Waals surface area contributed by atoms with Crippen LogP contribution in [0.15, 0.2) is 24.3 Å². The molecule has 0 bridgehead atoms. The SMILES string of the molecule is CN1CCC(C(Oc2nc3ccccc3nc2NS(=O)(=O)NC2CC2)C(F)(F)F)CC1. The van der Waals surface area contributed by atoms with E-state index in [1.165, 1.54) is 0 Å². The molecule has 1 aliphatic heterocycles. The fourth-order valence-corrected chi connectivity index (χ4v) is 4.71. The first-order chi connectivity index (χ1) is 14.6. The van der Waals surface area contributed by atoms with Crippen LogP contribution >= 0.6 is 0 Å². The third-order valence-corrected chi connectivity index (χ3v) is 6.53. The Labute approximate surface area is 178 Å². The van der Waals surface area contributed by atoms with E-state index in [1.54, 1.807) is 24.3 Å². The maximum Gasteiger partial charge on any atom is 0.425 e. The van der Waals surface area contributed by atoms with Crippen molar-refractivity contribution in [1.29, 1.82) is 0 Å². The lowest BCUT2D eigenvalue weighted by Crippen LogP contribution is -2.46. The predicted molar refractivity (Wildman–Crippen MR) is 109 cm³/mol. The van der Waals surface area contributed by atoms with E-state index < -0.39 is 34.3 Å². The summed E-state index contributed by atoms with van der Waals surface area (Å²) in [6.07, 6.45) is -4.72. The summed E-state index contributed by atoms with van der Waals surface area (Å²) in [7, 11) is -2.18. The van der Waals surface area contributed by atoms with Gasteiger partial charge in [-0.15, -0.1) is 0 Å². The van der Waals surface area contributed by atoms with Gasteiger partial charge in [0.15, 0.2) is 6.10 Å². The molecule has 0 radical (unpaired) electrons. The van der Waals surface area contributed by atoms with E-state index in [9.17, 15) is 21.6 Å². The third kappa shape index (κ3) is 5.55. The molecule has 1 atom stereocenters. The average molecular weight is 459 g/mol. The smallest absolute Gasteiger partial charge is 0.425 e. The molecule has 1 aromatic carbocycles. The van der Waals surface area contributed by atoms with Crippen molar-refractivity contribution in [3.63, 3.8) is 0 Å². The summed E-state index contributed by atoms with van der Waals surface area (Å²) in [6, 6.07) is 6.33. The largest absolute Gasteiger partial charge is 0.462 e. The molecular weight excluding hydrogens is 435 g/mol. The molecule has 1 unspecified atom stereocenters. The number of benzene rings is 1. The molecule has 2 aliphatic rings. The molecule has 0 spiro atoms. The van der Waals surface area contributed by atoms with Gasteiger partial charge in [-0.3, -0.25) is 4.72 Å². The number of anilines is 1. The van der Waals surface area contributed by atoms with Gasteiger partial charge in [-0.25, -0.2) is 9.97 Å². The Hall–Kier alpha value is -2.18. The molecule has 2 fully saturated rings. The summed E-state index contributed by atoms with van der Waals surface area (Å²) in [6.45, 7) is 1.05. The van der Waals surface area contributed by atoms with Crippen molar-refractivity contribution in [3.8, 4) is 5.88 Å². The van der Waals surface area contributed by atoms with Crippen molar-refractivity contribution in [2.45, 2.75) is 44.0 Å². The van der Waals surface area contributed by atoms with Gasteiger partial charge in [0, 0.05) is 12.0 Å². The van der Waals surface area contributed by atoms with Crippen molar-refractivity contribution < 1.29 is 26.3 Å². The van der Waals surface area contributed by atoms with E-state index in [1.807, 2.05) is 11.9 Å². The number of hydrogen-bond donors (Lipinski definition) is 2. The van der Waals surface area contributed by atoms with Crippen LogP contribution < -0.4 is 14.2 Å². The first-order valence-electron chi connectivity index (χ1n) is 10.1. The fraction of sp³-hybridized carbons (Fsp3) is 0.579. The van der Waals surface area contributed by atoms with Crippen LogP contribution in [-0.2, 0) is 10.2 Å². The van der Waals surface area contributed by atoms with E-state index in [0.717, 1.165) is 0 Å². The summed E-state index contributed by atoms with van der Waals surface area (Å²) >= 11 is 0. The van der Waals surface area contributed by atoms with Crippen LogP contribution in [0, 0.1) is 5.92 Å². The topological polar surface area (TPSA) is 96.4 Å². The first kappa shape index (κ1) is 22.0. The van der Waals surface area contributed by atoms with Gasteiger partial charge in [-0.05, 0) is 58.0 Å². The number of nitrogens with zero attached hydrogens (tertiary/aromatic N) is 3. The number of ether oxygens (including phenoxy) is 1. The number of aromatic nitrogens is 2. The number of piperidine rings is 1. The molecule has 31 heavy (non-hydrogen) atoms. The van der Waals surface area contributed by atoms with Gasteiger partial charge in [0.1, 0.15) is 0 Å². The molecule has 1 saturated carbocycles. The second kappa shape index (κ2) is 8.40. The number of para-hydroxylation sites is 2. The Bertz CT molecular complexity index is 1040. The van der Waals surface area contributed by atoms with Crippen molar-refractivity contribution in [1.82, 2.24) is 19.6 Å². The molecule has 2 N–H and O–H groups in total. The molecule has 4 rings (SSSR count). The van der Waals surface area contributed by atoms with Crippen LogP contribution in [0.3, 0.4) is 0 Å². The van der Waals surface area contributed by atoms with Crippen molar-refractivity contribution in [2.24, 2.45) is 5.92 Å². The zero-order valence-electron chi connectivity index (χ0n) is 16.9. The van der Waals surface area contributed by atoms with Gasteiger partial charge in [0.25, 0.3) is 5.88 Å². The van der Waals surface area contributed by atoms with E-state index in [-0.39, 0.29) is 11.9 Å². The Morgan fingerprint density at radius 2 is 1.71 bits per heavy atom. The number of rotatable bonds is 7. The Kier molecular flexibility index (Phi) is 5.97. The Morgan fingerprint density at radius 3 is 2.29 bits per heavy atom. The van der Waals surface area contributed by atoms with Crippen LogP contribution in [0.25, 0.3) is 11.0 Å². The molecule has 1 aromatic heterocycles. The van der Waals surface area contributed by atoms with Crippen molar-refractivity contribution in [2.75, 3.05) is 24.9 Å². The highest BCUT2D eigenvalue weighted by Gasteiger charge is 2.48. The molecule has 2 aromatic rings. The minimum Gasteiger partial charge on any atom is -0.462 e. The van der Waals surface area contributed by atoms with Crippen LogP contribution in [-0.4, -0.2) is 61.7 Å². The second-order valence-electron chi connectivity index (χ2n) is 8.08. The van der Waals surface area contributed by atoms with Gasteiger partial charge in [0.2, 0.25) is 5.82 Å². The summed E-state index contributed by atoms with van der Waals surface area (Å²) < 4.78 is 76.5. The van der Waals surface area contributed by atoms with Crippen LogP contribution in [0.1, 0.15) is 25.7 Å². The summed E-state index contributed by atoms with van der Waals surface area (Å²) in [4.78, 5) is 10.3. The predicted octanol–water partition coefficient (Wildman–Crippen LogP) is 2.69. The lowest BCUT2D eigenvalue weighted by atomic mass is 9.91.